The maximum absolute atomic E-state index is 10.4. The van der Waals surface area contributed by atoms with Gasteiger partial charge >= 0.3 is 0 Å². The van der Waals surface area contributed by atoms with E-state index in [2.05, 4.69) is 0 Å². The third kappa shape index (κ3) is 1.90. The minimum Gasteiger partial charge on any atom is -0.274 e. The maximum atomic E-state index is 10.4. The standard InChI is InChI=1S/C4H11N3O/c1-4(8)6(2)7(3)5/h5H2,1-3H3. The number of carbonyl (C=O) groups is 1. The summed E-state index contributed by atoms with van der Waals surface area (Å²) in [5.74, 6) is 5.10. The zero-order chi connectivity index (χ0) is 6.73. The molecule has 0 aromatic rings. The van der Waals surface area contributed by atoms with Crippen molar-refractivity contribution in [2.45, 2.75) is 6.92 Å². The Morgan fingerprint density at radius 2 is 1.88 bits per heavy atom. The SMILES string of the molecule is CC(=O)N(C)N(C)N. The number of hydrogen-bond acceptors (Lipinski definition) is 3. The van der Waals surface area contributed by atoms with Gasteiger partial charge in [0.25, 0.3) is 0 Å². The zero-order valence-corrected chi connectivity index (χ0v) is 5.38. The van der Waals surface area contributed by atoms with Crippen LogP contribution in [0.2, 0.25) is 0 Å². The first-order chi connectivity index (χ1) is 3.55. The predicted molar refractivity (Wildman–Crippen MR) is 30.4 cm³/mol. The van der Waals surface area contributed by atoms with E-state index in [-0.39, 0.29) is 5.91 Å². The number of hydrazine groups is 2. The van der Waals surface area contributed by atoms with E-state index >= 15 is 0 Å². The minimum absolute atomic E-state index is 0.0741. The van der Waals surface area contributed by atoms with Gasteiger partial charge in [-0.05, 0) is 0 Å². The van der Waals surface area contributed by atoms with Crippen molar-refractivity contribution >= 4 is 5.91 Å². The summed E-state index contributed by atoms with van der Waals surface area (Å²) in [5, 5.41) is 2.53. The average Bonchev–Trinajstić information content (AvgIpc) is 1.64. The summed E-state index contributed by atoms with van der Waals surface area (Å²) in [6.45, 7) is 1.45. The van der Waals surface area contributed by atoms with Crippen LogP contribution in [0, 0.1) is 0 Å². The van der Waals surface area contributed by atoms with Gasteiger partial charge in [-0.3, -0.25) is 15.6 Å². The summed E-state index contributed by atoms with van der Waals surface area (Å²) in [4.78, 5) is 10.4. The molecule has 0 aromatic carbocycles. The number of rotatable bonds is 1. The van der Waals surface area contributed by atoms with Gasteiger partial charge < -0.3 is 0 Å². The van der Waals surface area contributed by atoms with E-state index in [0.29, 0.717) is 0 Å². The Hall–Kier alpha value is -0.610. The summed E-state index contributed by atoms with van der Waals surface area (Å²) in [6, 6.07) is 0. The van der Waals surface area contributed by atoms with Gasteiger partial charge in [0.2, 0.25) is 5.91 Å². The first kappa shape index (κ1) is 7.39. The lowest BCUT2D eigenvalue weighted by molar-refractivity contribution is -0.141. The van der Waals surface area contributed by atoms with Gasteiger partial charge in [-0.2, -0.15) is 5.12 Å². The van der Waals surface area contributed by atoms with E-state index in [4.69, 9.17) is 5.84 Å². The highest BCUT2D eigenvalue weighted by molar-refractivity contribution is 5.72. The quantitative estimate of drug-likeness (QED) is 0.361. The van der Waals surface area contributed by atoms with Crippen molar-refractivity contribution < 1.29 is 4.79 Å². The van der Waals surface area contributed by atoms with E-state index < -0.39 is 0 Å². The topological polar surface area (TPSA) is 49.6 Å². The van der Waals surface area contributed by atoms with Gasteiger partial charge in [-0.15, -0.1) is 0 Å². The van der Waals surface area contributed by atoms with E-state index in [1.165, 1.54) is 17.1 Å². The van der Waals surface area contributed by atoms with Gasteiger partial charge in [0, 0.05) is 21.0 Å². The first-order valence-electron chi connectivity index (χ1n) is 2.28. The molecule has 8 heavy (non-hydrogen) atoms. The van der Waals surface area contributed by atoms with Crippen LogP contribution in [0.1, 0.15) is 6.92 Å². The molecule has 0 fully saturated rings. The summed E-state index contributed by atoms with van der Waals surface area (Å²) in [6.07, 6.45) is 0. The van der Waals surface area contributed by atoms with Crippen molar-refractivity contribution in [1.29, 1.82) is 0 Å². The number of nitrogens with zero attached hydrogens (tertiary/aromatic N) is 2. The molecule has 0 bridgehead atoms. The summed E-state index contributed by atoms with van der Waals surface area (Å²) in [7, 11) is 3.20. The largest absolute Gasteiger partial charge is 0.274 e. The van der Waals surface area contributed by atoms with Crippen LogP contribution in [0.4, 0.5) is 0 Å². The predicted octanol–water partition coefficient (Wildman–Crippen LogP) is -0.815. The smallest absolute Gasteiger partial charge is 0.234 e. The third-order valence-electron chi connectivity index (χ3n) is 0.929. The molecule has 0 unspecified atom stereocenters. The Kier molecular flexibility index (Phi) is 2.44. The van der Waals surface area contributed by atoms with Crippen LogP contribution in [-0.4, -0.2) is 30.1 Å². The molecular weight excluding hydrogens is 106 g/mol. The van der Waals surface area contributed by atoms with Gasteiger partial charge in [0.15, 0.2) is 0 Å². The highest BCUT2D eigenvalue weighted by Crippen LogP contribution is 1.80. The molecule has 0 radical (unpaired) electrons. The fourth-order valence-electron chi connectivity index (χ4n) is 0.222. The highest BCUT2D eigenvalue weighted by Gasteiger charge is 2.01. The van der Waals surface area contributed by atoms with E-state index in [9.17, 15) is 4.79 Å². The Morgan fingerprint density at radius 1 is 1.50 bits per heavy atom. The molecule has 0 rings (SSSR count). The number of carbonyl (C=O) groups excluding carboxylic acids is 1. The molecule has 4 nitrogen and oxygen atoms in total. The Morgan fingerprint density at radius 3 is 1.88 bits per heavy atom. The van der Waals surface area contributed by atoms with Crippen LogP contribution in [0.3, 0.4) is 0 Å². The molecule has 0 heterocycles. The monoisotopic (exact) mass is 117 g/mol. The third-order valence-corrected chi connectivity index (χ3v) is 0.929. The number of hydrogen-bond donors (Lipinski definition) is 1. The minimum atomic E-state index is -0.0741. The second-order valence-electron chi connectivity index (χ2n) is 1.62. The van der Waals surface area contributed by atoms with E-state index in [1.807, 2.05) is 0 Å². The van der Waals surface area contributed by atoms with Crippen LogP contribution in [0.25, 0.3) is 0 Å². The molecule has 0 aliphatic heterocycles. The second kappa shape index (κ2) is 2.64. The molecule has 0 atom stereocenters. The Bertz CT molecular complexity index is 91.3. The van der Waals surface area contributed by atoms with Crippen LogP contribution in [0.15, 0.2) is 0 Å². The van der Waals surface area contributed by atoms with Gasteiger partial charge in [0.1, 0.15) is 0 Å². The fourth-order valence-corrected chi connectivity index (χ4v) is 0.222. The van der Waals surface area contributed by atoms with Crippen molar-refractivity contribution in [3.63, 3.8) is 0 Å². The van der Waals surface area contributed by atoms with Crippen LogP contribution in [0.5, 0.6) is 0 Å². The molecule has 0 aliphatic carbocycles. The molecule has 0 saturated heterocycles. The van der Waals surface area contributed by atoms with Crippen molar-refractivity contribution in [3.05, 3.63) is 0 Å². The van der Waals surface area contributed by atoms with Crippen LogP contribution in [-0.2, 0) is 4.79 Å². The molecule has 0 spiro atoms. The lowest BCUT2D eigenvalue weighted by Gasteiger charge is -2.21. The van der Waals surface area contributed by atoms with E-state index in [1.54, 1.807) is 14.1 Å². The maximum Gasteiger partial charge on any atom is 0.234 e. The van der Waals surface area contributed by atoms with Crippen molar-refractivity contribution in [1.82, 2.24) is 10.1 Å². The molecule has 1 amide bonds. The lowest BCUT2D eigenvalue weighted by atomic mass is 10.7. The van der Waals surface area contributed by atoms with Gasteiger partial charge in [-0.25, -0.2) is 0 Å². The summed E-state index contributed by atoms with van der Waals surface area (Å²) >= 11 is 0. The lowest BCUT2D eigenvalue weighted by Crippen LogP contribution is -2.44. The molecule has 0 aromatic heterocycles. The molecule has 0 saturated carbocycles. The number of amides is 1. The molecule has 4 heteroatoms. The average molecular weight is 117 g/mol. The van der Waals surface area contributed by atoms with E-state index in [0.717, 1.165) is 0 Å². The molecule has 48 valence electrons. The Labute approximate surface area is 48.8 Å². The molecule has 0 aliphatic rings. The first-order valence-corrected chi connectivity index (χ1v) is 2.28. The molecule has 2 N–H and O–H groups in total. The zero-order valence-electron chi connectivity index (χ0n) is 5.38. The number of nitrogens with two attached hydrogens (primary N) is 1. The summed E-state index contributed by atoms with van der Waals surface area (Å²) in [5.41, 5.74) is 0. The second-order valence-corrected chi connectivity index (χ2v) is 1.62. The molecular formula is C4H11N3O. The normalized spacial score (nSPS) is 9.62. The van der Waals surface area contributed by atoms with Crippen molar-refractivity contribution in [3.8, 4) is 0 Å². The Balaban J connectivity index is 3.64. The van der Waals surface area contributed by atoms with Crippen LogP contribution < -0.4 is 5.84 Å². The van der Waals surface area contributed by atoms with Crippen molar-refractivity contribution in [2.24, 2.45) is 5.84 Å². The van der Waals surface area contributed by atoms with Gasteiger partial charge in [-0.1, -0.05) is 0 Å². The van der Waals surface area contributed by atoms with Crippen LogP contribution >= 0.6 is 0 Å². The fraction of sp³-hybridized carbons (Fsp3) is 0.750. The van der Waals surface area contributed by atoms with Gasteiger partial charge in [0.05, 0.1) is 0 Å². The highest BCUT2D eigenvalue weighted by atomic mass is 16.2. The van der Waals surface area contributed by atoms with Crippen molar-refractivity contribution in [2.75, 3.05) is 14.1 Å². The summed E-state index contributed by atoms with van der Waals surface area (Å²) < 4.78 is 0.